The van der Waals surface area contributed by atoms with Crippen molar-refractivity contribution in [3.05, 3.63) is 22.2 Å². The molecule has 3 nitrogen and oxygen atoms in total. The molecule has 1 amide bonds. The maximum Gasteiger partial charge on any atom is 0.241 e. The van der Waals surface area contributed by atoms with E-state index in [1.54, 1.807) is 7.05 Å². The Kier molecular flexibility index (Phi) is 4.35. The average molecular weight is 329 g/mol. The van der Waals surface area contributed by atoms with Crippen LogP contribution in [0.5, 0.6) is 0 Å². The summed E-state index contributed by atoms with van der Waals surface area (Å²) in [5.74, 6) is 0.121. The van der Waals surface area contributed by atoms with Gasteiger partial charge in [-0.25, -0.2) is 0 Å². The highest BCUT2D eigenvalue weighted by molar-refractivity contribution is 9.10. The molecule has 1 aliphatic heterocycles. The largest absolute Gasteiger partial charge is 0.311 e. The number of anilines is 1. The Morgan fingerprint density at radius 1 is 1.61 bits per heavy atom. The van der Waals surface area contributed by atoms with Crippen molar-refractivity contribution < 1.29 is 4.79 Å². The van der Waals surface area contributed by atoms with Crippen LogP contribution in [0.25, 0.3) is 0 Å². The van der Waals surface area contributed by atoms with Gasteiger partial charge in [0.05, 0.1) is 12.2 Å². The number of benzene rings is 1. The van der Waals surface area contributed by atoms with Crippen LogP contribution in [0.3, 0.4) is 0 Å². The highest BCUT2D eigenvalue weighted by Crippen LogP contribution is 2.43. The number of nitrogens with zero attached hydrogens (tertiary/aromatic N) is 1. The molecule has 1 unspecified atom stereocenters. The third-order valence-electron chi connectivity index (χ3n) is 2.84. The average Bonchev–Trinajstić information content (AvgIpc) is 2.27. The first-order valence-electron chi connectivity index (χ1n) is 5.94. The smallest absolute Gasteiger partial charge is 0.241 e. The van der Waals surface area contributed by atoms with E-state index >= 15 is 0 Å². The van der Waals surface area contributed by atoms with Crippen LogP contribution < -0.4 is 10.2 Å². The Balaban J connectivity index is 2.44. The summed E-state index contributed by atoms with van der Waals surface area (Å²) in [6.07, 6.45) is 0. The lowest BCUT2D eigenvalue weighted by molar-refractivity contribution is -0.117. The lowest BCUT2D eigenvalue weighted by Gasteiger charge is -2.33. The van der Waals surface area contributed by atoms with Gasteiger partial charge in [-0.2, -0.15) is 0 Å². The number of carbonyl (C=O) groups excluding carboxylic acids is 1. The van der Waals surface area contributed by atoms with Gasteiger partial charge in [0.1, 0.15) is 0 Å². The summed E-state index contributed by atoms with van der Waals surface area (Å²) in [7, 11) is 1.80. The minimum absolute atomic E-state index is 0.121. The quantitative estimate of drug-likeness (QED) is 0.906. The van der Waals surface area contributed by atoms with E-state index in [-0.39, 0.29) is 5.91 Å². The SMILES string of the molecule is CNCC(=O)N1CC(C)Sc2cc(C)cc(Br)c21. The van der Waals surface area contributed by atoms with Crippen LogP contribution in [-0.2, 0) is 4.79 Å². The molecule has 98 valence electrons. The molecule has 0 bridgehead atoms. The normalized spacial score (nSPS) is 18.7. The number of halogens is 1. The zero-order chi connectivity index (χ0) is 13.3. The van der Waals surface area contributed by atoms with Crippen molar-refractivity contribution in [2.45, 2.75) is 24.0 Å². The van der Waals surface area contributed by atoms with E-state index in [0.717, 1.165) is 16.7 Å². The van der Waals surface area contributed by atoms with E-state index in [2.05, 4.69) is 47.2 Å². The fraction of sp³-hybridized carbons (Fsp3) is 0.462. The third kappa shape index (κ3) is 2.73. The van der Waals surface area contributed by atoms with E-state index in [9.17, 15) is 4.79 Å². The summed E-state index contributed by atoms with van der Waals surface area (Å²) in [5, 5.41) is 3.35. The van der Waals surface area contributed by atoms with Crippen molar-refractivity contribution in [1.82, 2.24) is 5.32 Å². The van der Waals surface area contributed by atoms with Gasteiger partial charge < -0.3 is 10.2 Å². The Morgan fingerprint density at radius 2 is 2.33 bits per heavy atom. The Hall–Kier alpha value is -0.520. The number of nitrogens with one attached hydrogen (secondary N) is 1. The summed E-state index contributed by atoms with van der Waals surface area (Å²) in [6, 6.07) is 4.22. The predicted octanol–water partition coefficient (Wildman–Crippen LogP) is 2.80. The molecule has 18 heavy (non-hydrogen) atoms. The Labute approximate surface area is 120 Å². The van der Waals surface area contributed by atoms with Crippen LogP contribution in [0.2, 0.25) is 0 Å². The number of rotatable bonds is 2. The summed E-state index contributed by atoms with van der Waals surface area (Å²) in [5.41, 5.74) is 2.23. The molecule has 1 aromatic rings. The first kappa shape index (κ1) is 13.9. The molecule has 0 radical (unpaired) electrons. The van der Waals surface area contributed by atoms with Crippen LogP contribution >= 0.6 is 27.7 Å². The first-order valence-corrected chi connectivity index (χ1v) is 7.62. The Bertz CT molecular complexity index is 478. The van der Waals surface area contributed by atoms with E-state index in [4.69, 9.17) is 0 Å². The van der Waals surface area contributed by atoms with Gasteiger partial charge in [0, 0.05) is 21.2 Å². The number of amides is 1. The lowest BCUT2D eigenvalue weighted by Crippen LogP contribution is -2.42. The molecule has 0 aliphatic carbocycles. The van der Waals surface area contributed by atoms with Gasteiger partial charge >= 0.3 is 0 Å². The summed E-state index contributed by atoms with van der Waals surface area (Å²) in [6.45, 7) is 5.37. The minimum atomic E-state index is 0.121. The number of fused-ring (bicyclic) bond motifs is 1. The highest BCUT2D eigenvalue weighted by atomic mass is 79.9. The Morgan fingerprint density at radius 3 is 3.00 bits per heavy atom. The van der Waals surface area contributed by atoms with Crippen molar-refractivity contribution >= 4 is 39.3 Å². The highest BCUT2D eigenvalue weighted by Gasteiger charge is 2.28. The molecule has 1 N–H and O–H groups in total. The first-order chi connectivity index (χ1) is 8.52. The van der Waals surface area contributed by atoms with Gasteiger partial charge in [0.15, 0.2) is 0 Å². The van der Waals surface area contributed by atoms with E-state index < -0.39 is 0 Å². The van der Waals surface area contributed by atoms with Gasteiger partial charge in [-0.15, -0.1) is 11.8 Å². The molecule has 0 saturated heterocycles. The number of hydrogen-bond acceptors (Lipinski definition) is 3. The standard InChI is InChI=1S/C13H17BrN2OS/c1-8-4-10(14)13-11(5-8)18-9(2)7-16(13)12(17)6-15-3/h4-5,9,15H,6-7H2,1-3H3. The van der Waals surface area contributed by atoms with Crippen LogP contribution in [0, 0.1) is 6.92 Å². The molecule has 0 fully saturated rings. The number of carbonyl (C=O) groups is 1. The van der Waals surface area contributed by atoms with Gasteiger partial charge in [-0.1, -0.05) is 6.92 Å². The van der Waals surface area contributed by atoms with Gasteiger partial charge in [-0.05, 0) is 47.6 Å². The van der Waals surface area contributed by atoms with E-state index in [1.807, 2.05) is 16.7 Å². The van der Waals surface area contributed by atoms with Gasteiger partial charge in [-0.3, -0.25) is 4.79 Å². The van der Waals surface area contributed by atoms with Crippen molar-refractivity contribution in [2.75, 3.05) is 25.0 Å². The number of thioether (sulfide) groups is 1. The summed E-state index contributed by atoms with van der Waals surface area (Å²) in [4.78, 5) is 15.2. The maximum atomic E-state index is 12.2. The molecular formula is C13H17BrN2OS. The second kappa shape index (κ2) is 5.63. The fourth-order valence-corrected chi connectivity index (χ4v) is 4.29. The predicted molar refractivity (Wildman–Crippen MR) is 80.5 cm³/mol. The van der Waals surface area contributed by atoms with Gasteiger partial charge in [0.2, 0.25) is 5.91 Å². The van der Waals surface area contributed by atoms with Crippen LogP contribution in [0.15, 0.2) is 21.5 Å². The lowest BCUT2D eigenvalue weighted by atomic mass is 10.2. The van der Waals surface area contributed by atoms with Crippen LogP contribution in [0.4, 0.5) is 5.69 Å². The third-order valence-corrected chi connectivity index (χ3v) is 4.56. The summed E-state index contributed by atoms with van der Waals surface area (Å²) < 4.78 is 1.00. The van der Waals surface area contributed by atoms with Crippen molar-refractivity contribution in [3.63, 3.8) is 0 Å². The maximum absolute atomic E-state index is 12.2. The van der Waals surface area contributed by atoms with Crippen molar-refractivity contribution in [2.24, 2.45) is 0 Å². The molecule has 0 aromatic heterocycles. The second-order valence-electron chi connectivity index (χ2n) is 4.56. The molecular weight excluding hydrogens is 312 g/mol. The zero-order valence-corrected chi connectivity index (χ0v) is 13.2. The second-order valence-corrected chi connectivity index (χ2v) is 6.89. The van der Waals surface area contributed by atoms with Gasteiger partial charge in [0.25, 0.3) is 0 Å². The topological polar surface area (TPSA) is 32.3 Å². The molecule has 0 saturated carbocycles. The molecule has 0 spiro atoms. The minimum Gasteiger partial charge on any atom is -0.311 e. The van der Waals surface area contributed by atoms with E-state index in [1.165, 1.54) is 10.5 Å². The molecule has 2 rings (SSSR count). The van der Waals surface area contributed by atoms with Crippen LogP contribution in [-0.4, -0.2) is 31.3 Å². The molecule has 1 heterocycles. The number of likely N-dealkylation sites (N-methyl/N-ethyl adjacent to an activating group) is 1. The van der Waals surface area contributed by atoms with Crippen LogP contribution in [0.1, 0.15) is 12.5 Å². The molecule has 5 heteroatoms. The number of aryl methyl sites for hydroxylation is 1. The molecule has 1 atom stereocenters. The molecule has 1 aromatic carbocycles. The summed E-state index contributed by atoms with van der Waals surface area (Å²) >= 11 is 5.42. The molecule has 1 aliphatic rings. The number of hydrogen-bond donors (Lipinski definition) is 1. The van der Waals surface area contributed by atoms with Crippen molar-refractivity contribution in [1.29, 1.82) is 0 Å². The monoisotopic (exact) mass is 328 g/mol. The van der Waals surface area contributed by atoms with E-state index in [0.29, 0.717) is 11.8 Å². The fourth-order valence-electron chi connectivity index (χ4n) is 2.13. The zero-order valence-electron chi connectivity index (χ0n) is 10.8. The van der Waals surface area contributed by atoms with Crippen molar-refractivity contribution in [3.8, 4) is 0 Å².